The Kier molecular flexibility index (Phi) is 6.65. The van der Waals surface area contributed by atoms with Crippen molar-refractivity contribution in [2.24, 2.45) is 0 Å². The predicted octanol–water partition coefficient (Wildman–Crippen LogP) is 1.83. The van der Waals surface area contributed by atoms with Gasteiger partial charge in [-0.3, -0.25) is 0 Å². The molecule has 1 heterocycles. The van der Waals surface area contributed by atoms with Crippen molar-refractivity contribution in [3.05, 3.63) is 35.9 Å². The molecule has 4 nitrogen and oxygen atoms in total. The lowest BCUT2D eigenvalue weighted by Crippen LogP contribution is -2.54. The van der Waals surface area contributed by atoms with E-state index >= 15 is 0 Å². The highest BCUT2D eigenvalue weighted by atomic mass is 32.2. The van der Waals surface area contributed by atoms with Crippen LogP contribution in [0, 0.1) is 0 Å². The summed E-state index contributed by atoms with van der Waals surface area (Å²) < 4.78 is 25.2. The summed E-state index contributed by atoms with van der Waals surface area (Å²) in [5.41, 5.74) is 1.19. The fourth-order valence-electron chi connectivity index (χ4n) is 2.48. The van der Waals surface area contributed by atoms with Gasteiger partial charge in [0.25, 0.3) is 0 Å². The Morgan fingerprint density at radius 3 is 2.30 bits per heavy atom. The van der Waals surface area contributed by atoms with Gasteiger partial charge in [0, 0.05) is 25.7 Å². The minimum absolute atomic E-state index is 0.0427. The Bertz CT molecular complexity index is 488. The zero-order valence-electron chi connectivity index (χ0n) is 12.9. The first-order valence-corrected chi connectivity index (χ1v) is 9.01. The number of rotatable bonds is 3. The Balaban J connectivity index is 0.000000956. The van der Waals surface area contributed by atoms with E-state index in [9.17, 15) is 8.42 Å². The molecule has 0 bridgehead atoms. The third-order valence-corrected chi connectivity index (χ3v) is 4.70. The van der Waals surface area contributed by atoms with Crippen LogP contribution < -0.4 is 0 Å². The fourth-order valence-corrected chi connectivity index (χ4v) is 3.58. The molecule has 114 valence electrons. The molecule has 1 aliphatic heterocycles. The second-order valence-electron chi connectivity index (χ2n) is 4.98. The fraction of sp³-hybridized carbons (Fsp3) is 0.600. The van der Waals surface area contributed by atoms with Crippen molar-refractivity contribution in [2.45, 2.75) is 26.3 Å². The largest absolute Gasteiger partial charge is 0.303 e. The monoisotopic (exact) mass is 298 g/mol. The molecule has 2 rings (SSSR count). The molecular formula is C15H26N2O2S. The van der Waals surface area contributed by atoms with Gasteiger partial charge in [0.1, 0.15) is 0 Å². The lowest BCUT2D eigenvalue weighted by molar-refractivity contribution is 0.160. The van der Waals surface area contributed by atoms with E-state index < -0.39 is 10.0 Å². The molecular weight excluding hydrogens is 272 g/mol. The van der Waals surface area contributed by atoms with Crippen LogP contribution in [0.1, 0.15) is 19.4 Å². The molecule has 5 heteroatoms. The topological polar surface area (TPSA) is 40.6 Å². The zero-order chi connectivity index (χ0) is 15.2. The lowest BCUT2D eigenvalue weighted by Gasteiger charge is -2.38. The lowest BCUT2D eigenvalue weighted by atomic mass is 10.0. The van der Waals surface area contributed by atoms with Gasteiger partial charge < -0.3 is 4.90 Å². The second-order valence-corrected chi connectivity index (χ2v) is 6.91. The number of piperazine rings is 1. The highest BCUT2D eigenvalue weighted by molar-refractivity contribution is 7.88. The summed E-state index contributed by atoms with van der Waals surface area (Å²) in [6, 6.07) is 10.1. The molecule has 1 aromatic rings. The third-order valence-electron chi connectivity index (χ3n) is 3.37. The molecule has 0 spiro atoms. The maximum absolute atomic E-state index is 11.8. The summed E-state index contributed by atoms with van der Waals surface area (Å²) in [4.78, 5) is 2.19. The van der Waals surface area contributed by atoms with Crippen LogP contribution in [0.25, 0.3) is 0 Å². The normalized spacial score (nSPS) is 21.1. The first kappa shape index (κ1) is 17.1. The van der Waals surface area contributed by atoms with E-state index in [0.29, 0.717) is 6.54 Å². The Morgan fingerprint density at radius 1 is 1.15 bits per heavy atom. The number of benzene rings is 1. The Hall–Kier alpha value is -0.910. The number of sulfonamides is 1. The first-order valence-electron chi connectivity index (χ1n) is 7.16. The van der Waals surface area contributed by atoms with E-state index in [1.54, 1.807) is 4.31 Å². The minimum atomic E-state index is -3.11. The molecule has 1 aliphatic rings. The molecule has 1 unspecified atom stereocenters. The molecule has 0 aliphatic carbocycles. The van der Waals surface area contributed by atoms with E-state index in [2.05, 4.69) is 17.0 Å². The third kappa shape index (κ3) is 4.89. The van der Waals surface area contributed by atoms with Gasteiger partial charge in [-0.15, -0.1) is 0 Å². The highest BCUT2D eigenvalue weighted by Crippen LogP contribution is 2.16. The maximum Gasteiger partial charge on any atom is 0.211 e. The predicted molar refractivity (Wildman–Crippen MR) is 84.3 cm³/mol. The van der Waals surface area contributed by atoms with E-state index in [4.69, 9.17) is 0 Å². The van der Waals surface area contributed by atoms with Gasteiger partial charge in [-0.25, -0.2) is 8.42 Å². The van der Waals surface area contributed by atoms with Gasteiger partial charge in [0.2, 0.25) is 10.0 Å². The van der Waals surface area contributed by atoms with Gasteiger partial charge in [0.05, 0.1) is 6.26 Å². The molecule has 1 aromatic carbocycles. The van der Waals surface area contributed by atoms with Crippen molar-refractivity contribution < 1.29 is 8.42 Å². The molecule has 0 radical (unpaired) electrons. The van der Waals surface area contributed by atoms with E-state index in [0.717, 1.165) is 19.5 Å². The van der Waals surface area contributed by atoms with Crippen LogP contribution >= 0.6 is 0 Å². The molecule has 20 heavy (non-hydrogen) atoms. The van der Waals surface area contributed by atoms with Gasteiger partial charge in [-0.2, -0.15) is 4.31 Å². The van der Waals surface area contributed by atoms with Crippen LogP contribution in [-0.2, 0) is 16.4 Å². The summed E-state index contributed by atoms with van der Waals surface area (Å²) >= 11 is 0. The summed E-state index contributed by atoms with van der Waals surface area (Å²) in [7, 11) is -1.07. The summed E-state index contributed by atoms with van der Waals surface area (Å²) in [5, 5.41) is 0. The van der Waals surface area contributed by atoms with E-state index in [1.807, 2.05) is 39.1 Å². The average Bonchev–Trinajstić information content (AvgIpc) is 2.41. The number of hydrogen-bond donors (Lipinski definition) is 0. The molecule has 1 saturated heterocycles. The Morgan fingerprint density at radius 2 is 1.75 bits per heavy atom. The van der Waals surface area contributed by atoms with Crippen molar-refractivity contribution in [2.75, 3.05) is 32.9 Å². The van der Waals surface area contributed by atoms with Gasteiger partial charge >= 0.3 is 0 Å². The molecule has 0 aromatic heterocycles. The quantitative estimate of drug-likeness (QED) is 0.855. The number of likely N-dealkylation sites (N-methyl/N-ethyl adjacent to an activating group) is 1. The second kappa shape index (κ2) is 7.76. The van der Waals surface area contributed by atoms with Crippen LogP contribution in [0.2, 0.25) is 0 Å². The van der Waals surface area contributed by atoms with Gasteiger partial charge in [-0.1, -0.05) is 44.2 Å². The minimum Gasteiger partial charge on any atom is -0.303 e. The molecule has 1 atom stereocenters. The van der Waals surface area contributed by atoms with Crippen molar-refractivity contribution in [1.82, 2.24) is 9.21 Å². The SMILES string of the molecule is CC.CN1CCN(S(C)(=O)=O)C(Cc2ccccc2)C1. The number of nitrogens with zero attached hydrogens (tertiary/aromatic N) is 2. The first-order chi connectivity index (χ1) is 9.47. The van der Waals surface area contributed by atoms with Crippen molar-refractivity contribution in [3.8, 4) is 0 Å². The summed E-state index contributed by atoms with van der Waals surface area (Å²) in [5.74, 6) is 0. The van der Waals surface area contributed by atoms with Crippen LogP contribution in [-0.4, -0.2) is 56.6 Å². The van der Waals surface area contributed by atoms with E-state index in [-0.39, 0.29) is 6.04 Å². The maximum atomic E-state index is 11.8. The van der Waals surface area contributed by atoms with Crippen molar-refractivity contribution >= 4 is 10.0 Å². The van der Waals surface area contributed by atoms with Gasteiger partial charge in [0.15, 0.2) is 0 Å². The molecule has 0 saturated carbocycles. The van der Waals surface area contributed by atoms with Crippen LogP contribution in [0.3, 0.4) is 0 Å². The zero-order valence-corrected chi connectivity index (χ0v) is 13.7. The molecule has 0 N–H and O–H groups in total. The molecule has 0 amide bonds. The average molecular weight is 298 g/mol. The Labute approximate surface area is 123 Å². The van der Waals surface area contributed by atoms with Crippen molar-refractivity contribution in [1.29, 1.82) is 0 Å². The van der Waals surface area contributed by atoms with Crippen molar-refractivity contribution in [3.63, 3.8) is 0 Å². The summed E-state index contributed by atoms with van der Waals surface area (Å²) in [6.45, 7) is 6.19. The standard InChI is InChI=1S/C13H20N2O2S.C2H6/c1-14-8-9-15(18(2,16)17)13(11-14)10-12-6-4-3-5-7-12;1-2/h3-7,13H,8-11H2,1-2H3;1-2H3. The van der Waals surface area contributed by atoms with Crippen LogP contribution in [0.4, 0.5) is 0 Å². The van der Waals surface area contributed by atoms with Gasteiger partial charge in [-0.05, 0) is 19.0 Å². The highest BCUT2D eigenvalue weighted by Gasteiger charge is 2.31. The van der Waals surface area contributed by atoms with Crippen LogP contribution in [0.5, 0.6) is 0 Å². The smallest absolute Gasteiger partial charge is 0.211 e. The number of hydrogen-bond acceptors (Lipinski definition) is 3. The molecule has 1 fully saturated rings. The van der Waals surface area contributed by atoms with Crippen LogP contribution in [0.15, 0.2) is 30.3 Å². The van der Waals surface area contributed by atoms with E-state index in [1.165, 1.54) is 11.8 Å². The summed E-state index contributed by atoms with van der Waals surface area (Å²) in [6.07, 6.45) is 2.08.